The van der Waals surface area contributed by atoms with Gasteiger partial charge in [0.2, 0.25) is 0 Å². The number of aryl methyl sites for hydroxylation is 1. The highest BCUT2D eigenvalue weighted by molar-refractivity contribution is 9.10. The van der Waals surface area contributed by atoms with E-state index in [0.717, 1.165) is 10.2 Å². The van der Waals surface area contributed by atoms with Crippen LogP contribution in [0.2, 0.25) is 0 Å². The van der Waals surface area contributed by atoms with Crippen molar-refractivity contribution in [1.29, 1.82) is 0 Å². The Bertz CT molecular complexity index is 553. The minimum absolute atomic E-state index is 0.221. The van der Waals surface area contributed by atoms with E-state index in [1.807, 2.05) is 20.0 Å². The Morgan fingerprint density at radius 3 is 2.68 bits per heavy atom. The average molecular weight is 340 g/mol. The smallest absolute Gasteiger partial charge is 0.133 e. The molecule has 1 aromatic carbocycles. The fourth-order valence-electron chi connectivity index (χ4n) is 2.14. The molecule has 1 heterocycles. The molecule has 0 amide bonds. The summed E-state index contributed by atoms with van der Waals surface area (Å²) >= 11 is 5.32. The first-order chi connectivity index (χ1) is 9.17. The molecule has 1 N–H and O–H groups in total. The maximum atomic E-state index is 5.55. The predicted octanol–water partition coefficient (Wildman–Crippen LogP) is 4.53. The molecule has 0 spiro atoms. The van der Waals surface area contributed by atoms with E-state index in [0.29, 0.717) is 6.61 Å². The summed E-state index contributed by atoms with van der Waals surface area (Å²) in [7, 11) is 1.99. The Morgan fingerprint density at radius 1 is 1.37 bits per heavy atom. The maximum Gasteiger partial charge on any atom is 0.133 e. The summed E-state index contributed by atoms with van der Waals surface area (Å²) in [5.41, 5.74) is 3.90. The summed E-state index contributed by atoms with van der Waals surface area (Å²) in [6.45, 7) is 4.82. The molecule has 0 aliphatic rings. The van der Waals surface area contributed by atoms with Gasteiger partial charge in [-0.2, -0.15) is 11.3 Å². The van der Waals surface area contributed by atoms with Crippen LogP contribution in [0.1, 0.15) is 29.7 Å². The van der Waals surface area contributed by atoms with Gasteiger partial charge in [0.15, 0.2) is 0 Å². The zero-order chi connectivity index (χ0) is 13.8. The molecule has 2 rings (SSSR count). The molecule has 0 fully saturated rings. The Kier molecular flexibility index (Phi) is 5.02. The molecule has 0 aliphatic heterocycles. The van der Waals surface area contributed by atoms with E-state index >= 15 is 0 Å². The second kappa shape index (κ2) is 6.55. The van der Waals surface area contributed by atoms with Gasteiger partial charge < -0.3 is 10.1 Å². The van der Waals surface area contributed by atoms with Crippen molar-refractivity contribution in [3.05, 3.63) is 50.1 Å². The van der Waals surface area contributed by atoms with Crippen molar-refractivity contribution in [2.75, 3.05) is 13.7 Å². The Morgan fingerprint density at radius 2 is 2.16 bits per heavy atom. The minimum Gasteiger partial charge on any atom is -0.493 e. The molecular formula is C15H18BrNOS. The SMILES string of the molecule is CCOc1ccc(C(NC)c2cscc2C)cc1Br. The summed E-state index contributed by atoms with van der Waals surface area (Å²) in [5.74, 6) is 0.892. The molecule has 0 saturated heterocycles. The van der Waals surface area contributed by atoms with Crippen molar-refractivity contribution in [2.45, 2.75) is 19.9 Å². The van der Waals surface area contributed by atoms with E-state index in [-0.39, 0.29) is 6.04 Å². The first kappa shape index (κ1) is 14.6. The van der Waals surface area contributed by atoms with Crippen molar-refractivity contribution in [3.63, 3.8) is 0 Å². The molecule has 0 radical (unpaired) electrons. The second-order valence-electron chi connectivity index (χ2n) is 4.35. The van der Waals surface area contributed by atoms with Gasteiger partial charge in [-0.15, -0.1) is 0 Å². The largest absolute Gasteiger partial charge is 0.493 e. The van der Waals surface area contributed by atoms with Gasteiger partial charge in [0.05, 0.1) is 17.1 Å². The number of nitrogens with one attached hydrogen (secondary N) is 1. The zero-order valence-electron chi connectivity index (χ0n) is 11.4. The third kappa shape index (κ3) is 3.19. The van der Waals surface area contributed by atoms with E-state index in [1.54, 1.807) is 11.3 Å². The number of hydrogen-bond donors (Lipinski definition) is 1. The van der Waals surface area contributed by atoms with E-state index < -0.39 is 0 Å². The first-order valence-electron chi connectivity index (χ1n) is 6.29. The van der Waals surface area contributed by atoms with E-state index in [1.165, 1.54) is 16.7 Å². The topological polar surface area (TPSA) is 21.3 Å². The number of halogens is 1. The van der Waals surface area contributed by atoms with Crippen molar-refractivity contribution in [3.8, 4) is 5.75 Å². The van der Waals surface area contributed by atoms with Crippen LogP contribution in [0.5, 0.6) is 5.75 Å². The van der Waals surface area contributed by atoms with Gasteiger partial charge in [-0.1, -0.05) is 6.07 Å². The molecule has 0 bridgehead atoms. The Balaban J connectivity index is 2.34. The third-order valence-corrected chi connectivity index (χ3v) is 4.58. The first-order valence-corrected chi connectivity index (χ1v) is 8.03. The second-order valence-corrected chi connectivity index (χ2v) is 5.95. The van der Waals surface area contributed by atoms with Crippen molar-refractivity contribution in [1.82, 2.24) is 5.32 Å². The highest BCUT2D eigenvalue weighted by Gasteiger charge is 2.16. The van der Waals surface area contributed by atoms with E-state index in [2.05, 4.69) is 51.1 Å². The Hall–Kier alpha value is -0.840. The minimum atomic E-state index is 0.221. The summed E-state index contributed by atoms with van der Waals surface area (Å²) in [6.07, 6.45) is 0. The number of ether oxygens (including phenoxy) is 1. The Labute approximate surface area is 126 Å². The molecule has 1 atom stereocenters. The summed E-state index contributed by atoms with van der Waals surface area (Å²) in [5, 5.41) is 7.78. The van der Waals surface area contributed by atoms with Crippen LogP contribution in [0.15, 0.2) is 33.4 Å². The normalized spacial score (nSPS) is 12.4. The summed E-state index contributed by atoms with van der Waals surface area (Å²) < 4.78 is 6.55. The number of hydrogen-bond acceptors (Lipinski definition) is 3. The molecule has 2 aromatic rings. The fourth-order valence-corrected chi connectivity index (χ4v) is 3.52. The van der Waals surface area contributed by atoms with Crippen LogP contribution >= 0.6 is 27.3 Å². The highest BCUT2D eigenvalue weighted by Crippen LogP contribution is 2.32. The molecule has 102 valence electrons. The maximum absolute atomic E-state index is 5.55. The van der Waals surface area contributed by atoms with Crippen LogP contribution in [0.4, 0.5) is 0 Å². The predicted molar refractivity (Wildman–Crippen MR) is 85.3 cm³/mol. The van der Waals surface area contributed by atoms with Gasteiger partial charge in [-0.3, -0.25) is 0 Å². The van der Waals surface area contributed by atoms with Gasteiger partial charge in [-0.25, -0.2) is 0 Å². The van der Waals surface area contributed by atoms with Crippen LogP contribution < -0.4 is 10.1 Å². The molecule has 0 saturated carbocycles. The zero-order valence-corrected chi connectivity index (χ0v) is 13.8. The van der Waals surface area contributed by atoms with Crippen LogP contribution in [-0.2, 0) is 0 Å². The van der Waals surface area contributed by atoms with Gasteiger partial charge in [0, 0.05) is 0 Å². The molecule has 4 heteroatoms. The lowest BCUT2D eigenvalue weighted by atomic mass is 9.98. The van der Waals surface area contributed by atoms with E-state index in [9.17, 15) is 0 Å². The van der Waals surface area contributed by atoms with Gasteiger partial charge in [0.25, 0.3) is 0 Å². The molecule has 19 heavy (non-hydrogen) atoms. The average Bonchev–Trinajstić information content (AvgIpc) is 2.80. The van der Waals surface area contributed by atoms with Crippen LogP contribution in [0, 0.1) is 6.92 Å². The lowest BCUT2D eigenvalue weighted by molar-refractivity contribution is 0.338. The van der Waals surface area contributed by atoms with Gasteiger partial charge >= 0.3 is 0 Å². The van der Waals surface area contributed by atoms with Gasteiger partial charge in [0.1, 0.15) is 5.75 Å². The lowest BCUT2D eigenvalue weighted by Crippen LogP contribution is -2.17. The van der Waals surface area contributed by atoms with Crippen LogP contribution in [-0.4, -0.2) is 13.7 Å². The molecular weight excluding hydrogens is 322 g/mol. The molecule has 1 unspecified atom stereocenters. The number of thiophene rings is 1. The quantitative estimate of drug-likeness (QED) is 0.864. The number of rotatable bonds is 5. The van der Waals surface area contributed by atoms with Crippen LogP contribution in [0.25, 0.3) is 0 Å². The van der Waals surface area contributed by atoms with Gasteiger partial charge in [-0.05, 0) is 76.4 Å². The van der Waals surface area contributed by atoms with Crippen molar-refractivity contribution in [2.24, 2.45) is 0 Å². The summed E-state index contributed by atoms with van der Waals surface area (Å²) in [4.78, 5) is 0. The van der Waals surface area contributed by atoms with Crippen molar-refractivity contribution >= 4 is 27.3 Å². The monoisotopic (exact) mass is 339 g/mol. The fraction of sp³-hybridized carbons (Fsp3) is 0.333. The number of benzene rings is 1. The lowest BCUT2D eigenvalue weighted by Gasteiger charge is -2.18. The summed E-state index contributed by atoms with van der Waals surface area (Å²) in [6, 6.07) is 6.49. The molecule has 0 aliphatic carbocycles. The van der Waals surface area contributed by atoms with Crippen molar-refractivity contribution < 1.29 is 4.74 Å². The standard InChI is InChI=1S/C15H18BrNOS/c1-4-18-14-6-5-11(7-13(14)16)15(17-3)12-9-19-8-10(12)2/h5-9,15,17H,4H2,1-3H3. The van der Waals surface area contributed by atoms with E-state index in [4.69, 9.17) is 4.74 Å². The third-order valence-electron chi connectivity index (χ3n) is 3.08. The molecule has 2 nitrogen and oxygen atoms in total. The highest BCUT2D eigenvalue weighted by atomic mass is 79.9. The molecule has 1 aromatic heterocycles. The van der Waals surface area contributed by atoms with Crippen LogP contribution in [0.3, 0.4) is 0 Å².